The maximum atomic E-state index is 9.68. The molecule has 13 heavy (non-hydrogen) atoms. The van der Waals surface area contributed by atoms with E-state index in [9.17, 15) is 5.11 Å². The number of aliphatic hydroxyl groups is 1. The van der Waals surface area contributed by atoms with E-state index < -0.39 is 6.10 Å². The van der Waals surface area contributed by atoms with Gasteiger partial charge in [0.05, 0.1) is 25.4 Å². The summed E-state index contributed by atoms with van der Waals surface area (Å²) in [5.74, 6) is 0. The lowest BCUT2D eigenvalue weighted by molar-refractivity contribution is -0.0506. The summed E-state index contributed by atoms with van der Waals surface area (Å²) >= 11 is 0. The minimum Gasteiger partial charge on any atom is -0.390 e. The number of hydrogen-bond acceptors (Lipinski definition) is 3. The second-order valence-corrected chi connectivity index (χ2v) is 4.70. The Bertz CT molecular complexity index is 145. The molecule has 3 nitrogen and oxygen atoms in total. The third-order valence-corrected chi connectivity index (χ3v) is 2.38. The second-order valence-electron chi connectivity index (χ2n) is 4.70. The number of ether oxygens (including phenoxy) is 2. The molecule has 0 aliphatic carbocycles. The van der Waals surface area contributed by atoms with Gasteiger partial charge in [-0.1, -0.05) is 20.8 Å². The summed E-state index contributed by atoms with van der Waals surface area (Å²) in [7, 11) is 0. The van der Waals surface area contributed by atoms with Crippen LogP contribution in [0.5, 0.6) is 0 Å². The molecule has 1 aliphatic heterocycles. The van der Waals surface area contributed by atoms with E-state index in [2.05, 4.69) is 0 Å². The molecule has 2 atom stereocenters. The standard InChI is InChI=1S/C10H20O3/c1-10(2,3)9(11)7-13-8-4-5-12-6-8/h8-9,11H,4-7H2,1-3H3. The number of hydrogen-bond donors (Lipinski definition) is 1. The molecule has 1 rings (SSSR count). The highest BCUT2D eigenvalue weighted by atomic mass is 16.5. The summed E-state index contributed by atoms with van der Waals surface area (Å²) in [5, 5.41) is 9.68. The van der Waals surface area contributed by atoms with Gasteiger partial charge in [0.1, 0.15) is 0 Å². The molecule has 0 bridgehead atoms. The molecule has 0 saturated carbocycles. The fraction of sp³-hybridized carbons (Fsp3) is 1.00. The van der Waals surface area contributed by atoms with Crippen molar-refractivity contribution >= 4 is 0 Å². The largest absolute Gasteiger partial charge is 0.390 e. The first-order valence-corrected chi connectivity index (χ1v) is 4.87. The van der Waals surface area contributed by atoms with E-state index in [-0.39, 0.29) is 11.5 Å². The predicted octanol–water partition coefficient (Wildman–Crippen LogP) is 1.20. The average molecular weight is 188 g/mol. The average Bonchev–Trinajstić information content (AvgIpc) is 2.50. The topological polar surface area (TPSA) is 38.7 Å². The Balaban J connectivity index is 2.17. The van der Waals surface area contributed by atoms with Gasteiger partial charge in [0.15, 0.2) is 0 Å². The zero-order valence-electron chi connectivity index (χ0n) is 8.75. The van der Waals surface area contributed by atoms with Gasteiger partial charge in [-0.25, -0.2) is 0 Å². The molecule has 1 fully saturated rings. The van der Waals surface area contributed by atoms with Gasteiger partial charge in [0.2, 0.25) is 0 Å². The molecule has 0 spiro atoms. The van der Waals surface area contributed by atoms with Crippen molar-refractivity contribution in [3.05, 3.63) is 0 Å². The summed E-state index contributed by atoms with van der Waals surface area (Å²) in [5.41, 5.74) is -0.0978. The van der Waals surface area contributed by atoms with Gasteiger partial charge >= 0.3 is 0 Å². The van der Waals surface area contributed by atoms with Crippen LogP contribution < -0.4 is 0 Å². The van der Waals surface area contributed by atoms with Gasteiger partial charge in [0, 0.05) is 6.61 Å². The SMILES string of the molecule is CC(C)(C)C(O)COC1CCOC1. The van der Waals surface area contributed by atoms with E-state index in [4.69, 9.17) is 9.47 Å². The predicted molar refractivity (Wildman–Crippen MR) is 50.6 cm³/mol. The smallest absolute Gasteiger partial charge is 0.0831 e. The first kappa shape index (κ1) is 11.0. The monoisotopic (exact) mass is 188 g/mol. The molecular formula is C10H20O3. The second kappa shape index (κ2) is 4.40. The molecule has 78 valence electrons. The van der Waals surface area contributed by atoms with Crippen molar-refractivity contribution in [1.82, 2.24) is 0 Å². The molecule has 1 N–H and O–H groups in total. The summed E-state index contributed by atoms with van der Waals surface area (Å²) < 4.78 is 10.7. The van der Waals surface area contributed by atoms with Crippen LogP contribution in [-0.2, 0) is 9.47 Å². The zero-order chi connectivity index (χ0) is 9.90. The lowest BCUT2D eigenvalue weighted by atomic mass is 9.90. The van der Waals surface area contributed by atoms with Crippen LogP contribution >= 0.6 is 0 Å². The lowest BCUT2D eigenvalue weighted by Crippen LogP contribution is -2.32. The molecule has 0 aromatic carbocycles. The fourth-order valence-electron chi connectivity index (χ4n) is 1.12. The maximum absolute atomic E-state index is 9.68. The van der Waals surface area contributed by atoms with Crippen LogP contribution in [0, 0.1) is 5.41 Å². The fourth-order valence-corrected chi connectivity index (χ4v) is 1.12. The summed E-state index contributed by atoms with van der Waals surface area (Å²) in [6, 6.07) is 0. The Morgan fingerprint density at radius 3 is 2.69 bits per heavy atom. The molecule has 3 heteroatoms. The molecule has 0 aromatic rings. The molecule has 0 amide bonds. The van der Waals surface area contributed by atoms with Crippen LogP contribution in [0.2, 0.25) is 0 Å². The molecule has 0 aromatic heterocycles. The molecule has 1 aliphatic rings. The van der Waals surface area contributed by atoms with E-state index in [0.29, 0.717) is 13.2 Å². The van der Waals surface area contributed by atoms with Crippen LogP contribution in [0.15, 0.2) is 0 Å². The quantitative estimate of drug-likeness (QED) is 0.723. The first-order chi connectivity index (χ1) is 6.00. The third kappa shape index (κ3) is 3.63. The molecule has 1 saturated heterocycles. The van der Waals surface area contributed by atoms with Crippen molar-refractivity contribution in [2.24, 2.45) is 5.41 Å². The van der Waals surface area contributed by atoms with Crippen molar-refractivity contribution in [3.63, 3.8) is 0 Å². The van der Waals surface area contributed by atoms with Crippen LogP contribution in [0.4, 0.5) is 0 Å². The summed E-state index contributed by atoms with van der Waals surface area (Å²) in [4.78, 5) is 0. The highest BCUT2D eigenvalue weighted by Crippen LogP contribution is 2.20. The van der Waals surface area contributed by atoms with Crippen molar-refractivity contribution in [3.8, 4) is 0 Å². The molecule has 2 unspecified atom stereocenters. The summed E-state index contributed by atoms with van der Waals surface area (Å²) in [6.45, 7) is 7.90. The number of rotatable bonds is 3. The highest BCUT2D eigenvalue weighted by Gasteiger charge is 2.24. The Kier molecular flexibility index (Phi) is 3.71. The normalized spacial score (nSPS) is 26.3. The van der Waals surface area contributed by atoms with Gasteiger partial charge < -0.3 is 14.6 Å². The molecular weight excluding hydrogens is 168 g/mol. The van der Waals surface area contributed by atoms with E-state index in [1.807, 2.05) is 20.8 Å². The van der Waals surface area contributed by atoms with Crippen LogP contribution in [0.1, 0.15) is 27.2 Å². The summed E-state index contributed by atoms with van der Waals surface area (Å²) in [6.07, 6.45) is 0.752. The van der Waals surface area contributed by atoms with Crippen molar-refractivity contribution < 1.29 is 14.6 Å². The molecule has 1 heterocycles. The van der Waals surface area contributed by atoms with Crippen LogP contribution in [0.25, 0.3) is 0 Å². The van der Waals surface area contributed by atoms with Gasteiger partial charge in [-0.2, -0.15) is 0 Å². The van der Waals surface area contributed by atoms with Crippen molar-refractivity contribution in [2.45, 2.75) is 39.4 Å². The Morgan fingerprint density at radius 2 is 2.23 bits per heavy atom. The Labute approximate surface area is 80.0 Å². The van der Waals surface area contributed by atoms with Crippen LogP contribution in [0.3, 0.4) is 0 Å². The highest BCUT2D eigenvalue weighted by molar-refractivity contribution is 4.73. The lowest BCUT2D eigenvalue weighted by Gasteiger charge is -2.26. The van der Waals surface area contributed by atoms with Gasteiger partial charge in [-0.05, 0) is 11.8 Å². The van der Waals surface area contributed by atoms with Gasteiger partial charge in [-0.15, -0.1) is 0 Å². The zero-order valence-corrected chi connectivity index (χ0v) is 8.75. The van der Waals surface area contributed by atoms with E-state index in [1.54, 1.807) is 0 Å². The Hall–Kier alpha value is -0.120. The van der Waals surface area contributed by atoms with Gasteiger partial charge in [-0.3, -0.25) is 0 Å². The van der Waals surface area contributed by atoms with Gasteiger partial charge in [0.25, 0.3) is 0 Å². The van der Waals surface area contributed by atoms with E-state index in [0.717, 1.165) is 13.0 Å². The maximum Gasteiger partial charge on any atom is 0.0831 e. The number of aliphatic hydroxyl groups excluding tert-OH is 1. The minimum atomic E-state index is -0.395. The van der Waals surface area contributed by atoms with E-state index in [1.165, 1.54) is 0 Å². The Morgan fingerprint density at radius 1 is 1.54 bits per heavy atom. The molecule has 0 radical (unpaired) electrons. The first-order valence-electron chi connectivity index (χ1n) is 4.87. The van der Waals surface area contributed by atoms with E-state index >= 15 is 0 Å². The van der Waals surface area contributed by atoms with Crippen molar-refractivity contribution in [1.29, 1.82) is 0 Å². The third-order valence-electron chi connectivity index (χ3n) is 2.38. The minimum absolute atomic E-state index is 0.0978. The van der Waals surface area contributed by atoms with Crippen molar-refractivity contribution in [2.75, 3.05) is 19.8 Å². The van der Waals surface area contributed by atoms with Crippen LogP contribution in [-0.4, -0.2) is 37.1 Å².